The lowest BCUT2D eigenvalue weighted by Gasteiger charge is -2.08. The summed E-state index contributed by atoms with van der Waals surface area (Å²) in [5.41, 5.74) is 1.29. The Morgan fingerprint density at radius 2 is 2.00 bits per heavy atom. The SMILES string of the molecule is COC(=O)c1cc(-c2csc(NC(=O)c3ccc(=O)n(CCOc4ccccc4)n3)n2)c[nH]1. The minimum atomic E-state index is -0.502. The molecule has 0 saturated carbocycles. The number of rotatable bonds is 8. The summed E-state index contributed by atoms with van der Waals surface area (Å²) in [5, 5.41) is 8.90. The first-order valence-electron chi connectivity index (χ1n) is 9.83. The second-order valence-electron chi connectivity index (χ2n) is 6.73. The Morgan fingerprint density at radius 1 is 1.18 bits per heavy atom. The van der Waals surface area contributed by atoms with Crippen molar-refractivity contribution in [3.8, 4) is 17.0 Å². The smallest absolute Gasteiger partial charge is 0.354 e. The largest absolute Gasteiger partial charge is 0.492 e. The Hall–Kier alpha value is -4.25. The highest BCUT2D eigenvalue weighted by Gasteiger charge is 2.15. The number of ether oxygens (including phenoxy) is 2. The van der Waals surface area contributed by atoms with Gasteiger partial charge in [-0.2, -0.15) is 5.10 Å². The zero-order valence-corrected chi connectivity index (χ0v) is 18.3. The highest BCUT2D eigenvalue weighted by Crippen LogP contribution is 2.26. The molecule has 4 rings (SSSR count). The molecule has 0 aliphatic rings. The fraction of sp³-hybridized carbons (Fsp3) is 0.136. The van der Waals surface area contributed by atoms with Gasteiger partial charge in [0.25, 0.3) is 11.5 Å². The summed E-state index contributed by atoms with van der Waals surface area (Å²) in [6.07, 6.45) is 1.63. The Labute approximate surface area is 191 Å². The monoisotopic (exact) mass is 465 g/mol. The maximum Gasteiger partial charge on any atom is 0.354 e. The Kier molecular flexibility index (Phi) is 6.60. The molecule has 10 nitrogen and oxygen atoms in total. The molecular formula is C22H19N5O5S. The number of nitrogens with one attached hydrogen (secondary N) is 2. The molecule has 168 valence electrons. The zero-order chi connectivity index (χ0) is 23.2. The quantitative estimate of drug-likeness (QED) is 0.383. The van der Waals surface area contributed by atoms with E-state index in [1.165, 1.54) is 35.3 Å². The summed E-state index contributed by atoms with van der Waals surface area (Å²) in [7, 11) is 1.30. The van der Waals surface area contributed by atoms with Gasteiger partial charge in [0.2, 0.25) is 0 Å². The van der Waals surface area contributed by atoms with Gasteiger partial charge in [0.1, 0.15) is 23.7 Å². The van der Waals surface area contributed by atoms with Crippen molar-refractivity contribution in [2.24, 2.45) is 0 Å². The number of anilines is 1. The van der Waals surface area contributed by atoms with E-state index in [2.05, 4.69) is 25.1 Å². The maximum absolute atomic E-state index is 12.6. The molecule has 0 atom stereocenters. The first-order valence-corrected chi connectivity index (χ1v) is 10.7. The van der Waals surface area contributed by atoms with Gasteiger partial charge in [-0.25, -0.2) is 14.5 Å². The number of aromatic amines is 1. The number of benzene rings is 1. The minimum Gasteiger partial charge on any atom is -0.492 e. The number of hydrogen-bond donors (Lipinski definition) is 2. The van der Waals surface area contributed by atoms with E-state index in [1.807, 2.05) is 30.3 Å². The van der Waals surface area contributed by atoms with Crippen LogP contribution >= 0.6 is 11.3 Å². The van der Waals surface area contributed by atoms with E-state index >= 15 is 0 Å². The van der Waals surface area contributed by atoms with E-state index in [1.54, 1.807) is 17.6 Å². The molecule has 2 N–H and O–H groups in total. The molecule has 0 aliphatic carbocycles. The number of aromatic nitrogens is 4. The number of nitrogens with zero attached hydrogens (tertiary/aromatic N) is 3. The van der Waals surface area contributed by atoms with Crippen molar-refractivity contribution in [1.82, 2.24) is 19.7 Å². The highest BCUT2D eigenvalue weighted by molar-refractivity contribution is 7.14. The number of para-hydroxylation sites is 1. The average Bonchev–Trinajstić information content (AvgIpc) is 3.50. The predicted octanol–water partition coefficient (Wildman–Crippen LogP) is 2.81. The van der Waals surface area contributed by atoms with E-state index < -0.39 is 11.9 Å². The number of hydrogen-bond acceptors (Lipinski definition) is 8. The number of amides is 1. The van der Waals surface area contributed by atoms with Gasteiger partial charge in [0, 0.05) is 23.2 Å². The molecule has 0 aliphatic heterocycles. The van der Waals surface area contributed by atoms with Crippen molar-refractivity contribution >= 4 is 28.3 Å². The van der Waals surface area contributed by atoms with E-state index in [0.29, 0.717) is 27.8 Å². The number of carbonyl (C=O) groups excluding carboxylic acids is 2. The average molecular weight is 465 g/mol. The van der Waals surface area contributed by atoms with Gasteiger partial charge in [-0.1, -0.05) is 18.2 Å². The Bertz CT molecular complexity index is 1330. The van der Waals surface area contributed by atoms with Gasteiger partial charge in [0.15, 0.2) is 5.13 Å². The van der Waals surface area contributed by atoms with Gasteiger partial charge in [-0.3, -0.25) is 14.9 Å². The van der Waals surface area contributed by atoms with Crippen LogP contribution in [-0.2, 0) is 11.3 Å². The van der Waals surface area contributed by atoms with Crippen molar-refractivity contribution < 1.29 is 19.1 Å². The van der Waals surface area contributed by atoms with Crippen LogP contribution in [0.25, 0.3) is 11.3 Å². The summed E-state index contributed by atoms with van der Waals surface area (Å²) in [5.74, 6) is -0.307. The van der Waals surface area contributed by atoms with Crippen LogP contribution in [0.4, 0.5) is 5.13 Å². The lowest BCUT2D eigenvalue weighted by molar-refractivity contribution is 0.0594. The van der Waals surface area contributed by atoms with Gasteiger partial charge in [-0.15, -0.1) is 11.3 Å². The summed E-state index contributed by atoms with van der Waals surface area (Å²) < 4.78 is 11.4. The molecule has 0 radical (unpaired) electrons. The van der Waals surface area contributed by atoms with Crippen LogP contribution in [0.15, 0.2) is 64.9 Å². The van der Waals surface area contributed by atoms with Gasteiger partial charge in [0.05, 0.1) is 19.3 Å². The standard InChI is InChI=1S/C22H19N5O5S/c1-31-21(30)17-11-14(12-23-17)18-13-33-22(24-18)25-20(29)16-7-8-19(28)27(26-16)9-10-32-15-5-3-2-4-6-15/h2-8,11-13,23H,9-10H2,1H3,(H,24,25,29). The molecule has 1 amide bonds. The second-order valence-corrected chi connectivity index (χ2v) is 7.59. The van der Waals surface area contributed by atoms with Crippen LogP contribution in [0.5, 0.6) is 5.75 Å². The topological polar surface area (TPSA) is 128 Å². The molecule has 0 bridgehead atoms. The number of H-pyrrole nitrogens is 1. The van der Waals surface area contributed by atoms with Crippen molar-refractivity contribution in [3.05, 3.63) is 81.8 Å². The third-order valence-electron chi connectivity index (χ3n) is 4.52. The molecule has 3 aromatic heterocycles. The number of esters is 1. The summed E-state index contributed by atoms with van der Waals surface area (Å²) in [4.78, 5) is 43.5. The fourth-order valence-corrected chi connectivity index (χ4v) is 3.61. The third-order valence-corrected chi connectivity index (χ3v) is 5.28. The fourth-order valence-electron chi connectivity index (χ4n) is 2.89. The van der Waals surface area contributed by atoms with Gasteiger partial charge >= 0.3 is 5.97 Å². The molecule has 33 heavy (non-hydrogen) atoms. The summed E-state index contributed by atoms with van der Waals surface area (Å²) in [6.45, 7) is 0.411. The molecular weight excluding hydrogens is 446 g/mol. The highest BCUT2D eigenvalue weighted by atomic mass is 32.1. The van der Waals surface area contributed by atoms with Crippen molar-refractivity contribution in [3.63, 3.8) is 0 Å². The van der Waals surface area contributed by atoms with Crippen LogP contribution in [0.1, 0.15) is 21.0 Å². The predicted molar refractivity (Wildman–Crippen MR) is 122 cm³/mol. The first kappa shape index (κ1) is 22.0. The number of methoxy groups -OCH3 is 1. The van der Waals surface area contributed by atoms with Crippen LogP contribution in [0.2, 0.25) is 0 Å². The normalized spacial score (nSPS) is 10.6. The Balaban J connectivity index is 1.40. The lowest BCUT2D eigenvalue weighted by atomic mass is 10.2. The van der Waals surface area contributed by atoms with Crippen LogP contribution in [-0.4, -0.2) is 45.3 Å². The second kappa shape index (κ2) is 9.92. The van der Waals surface area contributed by atoms with Crippen molar-refractivity contribution in [2.45, 2.75) is 6.54 Å². The molecule has 4 aromatic rings. The molecule has 11 heteroatoms. The number of carbonyl (C=O) groups is 2. The van der Waals surface area contributed by atoms with E-state index in [-0.39, 0.29) is 24.4 Å². The molecule has 0 fully saturated rings. The molecule has 0 saturated heterocycles. The summed E-state index contributed by atoms with van der Waals surface area (Å²) >= 11 is 1.22. The lowest BCUT2D eigenvalue weighted by Crippen LogP contribution is -2.28. The molecule has 3 heterocycles. The van der Waals surface area contributed by atoms with Crippen molar-refractivity contribution in [1.29, 1.82) is 0 Å². The molecule has 0 spiro atoms. The molecule has 0 unspecified atom stereocenters. The summed E-state index contributed by atoms with van der Waals surface area (Å²) in [6, 6.07) is 13.5. The maximum atomic E-state index is 12.6. The Morgan fingerprint density at radius 3 is 2.79 bits per heavy atom. The van der Waals surface area contributed by atoms with E-state index in [9.17, 15) is 14.4 Å². The van der Waals surface area contributed by atoms with Crippen LogP contribution in [0.3, 0.4) is 0 Å². The van der Waals surface area contributed by atoms with Crippen molar-refractivity contribution in [2.75, 3.05) is 19.0 Å². The number of thiazole rings is 1. The minimum absolute atomic E-state index is 0.0701. The molecule has 1 aromatic carbocycles. The first-order chi connectivity index (χ1) is 16.0. The third kappa shape index (κ3) is 5.33. The van der Waals surface area contributed by atoms with Gasteiger partial charge < -0.3 is 14.5 Å². The van der Waals surface area contributed by atoms with Gasteiger partial charge in [-0.05, 0) is 24.3 Å². The zero-order valence-electron chi connectivity index (χ0n) is 17.5. The van der Waals surface area contributed by atoms with E-state index in [0.717, 1.165) is 0 Å². The van der Waals surface area contributed by atoms with Crippen LogP contribution < -0.4 is 15.6 Å². The van der Waals surface area contributed by atoms with Crippen LogP contribution in [0, 0.1) is 0 Å². The van der Waals surface area contributed by atoms with E-state index in [4.69, 9.17) is 4.74 Å².